The lowest BCUT2D eigenvalue weighted by Crippen LogP contribution is -2.56. The molecule has 2 fully saturated rings. The molecule has 35 heavy (non-hydrogen) atoms. The number of hydrogen-bond acceptors (Lipinski definition) is 6. The average Bonchev–Trinajstić information content (AvgIpc) is 3.34. The van der Waals surface area contributed by atoms with Crippen molar-refractivity contribution >= 4 is 17.5 Å². The number of carbonyl (C=O) groups is 1. The summed E-state index contributed by atoms with van der Waals surface area (Å²) in [6.07, 6.45) is 3.76. The van der Waals surface area contributed by atoms with E-state index >= 15 is 0 Å². The summed E-state index contributed by atoms with van der Waals surface area (Å²) in [6.45, 7) is 7.01. The van der Waals surface area contributed by atoms with Gasteiger partial charge in [-0.1, -0.05) is 29.8 Å². The Bertz CT molecular complexity index is 969. The standard InChI is InChI=1S/C27H36ClN3O4/c28-23-7-4-9-25(17-23)34-21-27(18-26(29)32)20-31(13-15-35-27)19-22-6-3-8-24(16-22)33-14-5-12-30-10-1-2-11-30/h3-4,6-9,16-17H,1-2,5,10-15,18-21H2,(H2,29,32)/t27-/m1/s1. The van der Waals surface area contributed by atoms with Crippen LogP contribution in [0.15, 0.2) is 48.5 Å². The number of benzene rings is 2. The first-order valence-electron chi connectivity index (χ1n) is 12.5. The highest BCUT2D eigenvalue weighted by molar-refractivity contribution is 6.30. The lowest BCUT2D eigenvalue weighted by Gasteiger charge is -2.42. The van der Waals surface area contributed by atoms with Crippen LogP contribution in [0.2, 0.25) is 5.02 Å². The highest BCUT2D eigenvalue weighted by Crippen LogP contribution is 2.27. The van der Waals surface area contributed by atoms with Crippen LogP contribution < -0.4 is 15.2 Å². The Morgan fingerprint density at radius 2 is 1.80 bits per heavy atom. The third-order valence-corrected chi connectivity index (χ3v) is 6.75. The van der Waals surface area contributed by atoms with E-state index in [1.54, 1.807) is 12.1 Å². The van der Waals surface area contributed by atoms with E-state index < -0.39 is 11.5 Å². The van der Waals surface area contributed by atoms with Crippen molar-refractivity contribution in [1.29, 1.82) is 0 Å². The molecule has 2 aliphatic rings. The van der Waals surface area contributed by atoms with Crippen molar-refractivity contribution in [1.82, 2.24) is 9.80 Å². The third kappa shape index (κ3) is 8.10. The number of rotatable bonds is 12. The predicted octanol–water partition coefficient (Wildman–Crippen LogP) is 3.73. The average molecular weight is 502 g/mol. The molecule has 190 valence electrons. The van der Waals surface area contributed by atoms with Crippen molar-refractivity contribution < 1.29 is 19.0 Å². The predicted molar refractivity (Wildman–Crippen MR) is 137 cm³/mol. The largest absolute Gasteiger partial charge is 0.494 e. The van der Waals surface area contributed by atoms with E-state index in [1.807, 2.05) is 24.3 Å². The zero-order valence-electron chi connectivity index (χ0n) is 20.3. The van der Waals surface area contributed by atoms with Gasteiger partial charge in [-0.05, 0) is 68.2 Å². The highest BCUT2D eigenvalue weighted by atomic mass is 35.5. The molecule has 2 aromatic rings. The topological polar surface area (TPSA) is 77.3 Å². The quantitative estimate of drug-likeness (QED) is 0.446. The molecule has 7 nitrogen and oxygen atoms in total. The maximum absolute atomic E-state index is 11.9. The molecule has 2 aromatic carbocycles. The van der Waals surface area contributed by atoms with Crippen LogP contribution in [0.5, 0.6) is 11.5 Å². The van der Waals surface area contributed by atoms with Crippen LogP contribution in [-0.4, -0.2) is 73.9 Å². The van der Waals surface area contributed by atoms with Gasteiger partial charge in [-0.3, -0.25) is 9.69 Å². The maximum atomic E-state index is 11.9. The number of nitrogens with two attached hydrogens (primary N) is 1. The minimum absolute atomic E-state index is 0.0875. The monoisotopic (exact) mass is 501 g/mol. The molecular weight excluding hydrogens is 466 g/mol. The van der Waals surface area contributed by atoms with Crippen molar-refractivity contribution in [2.24, 2.45) is 5.73 Å². The summed E-state index contributed by atoms with van der Waals surface area (Å²) in [7, 11) is 0. The van der Waals surface area contributed by atoms with E-state index in [2.05, 4.69) is 21.9 Å². The fraction of sp³-hybridized carbons (Fsp3) is 0.519. The molecule has 0 bridgehead atoms. The summed E-state index contributed by atoms with van der Waals surface area (Å²) in [6, 6.07) is 15.4. The molecule has 8 heteroatoms. The minimum atomic E-state index is -0.809. The molecule has 2 aliphatic heterocycles. The van der Waals surface area contributed by atoms with Gasteiger partial charge in [0, 0.05) is 31.2 Å². The summed E-state index contributed by atoms with van der Waals surface area (Å²) in [5.41, 5.74) is 5.93. The van der Waals surface area contributed by atoms with E-state index in [0.29, 0.717) is 23.9 Å². The van der Waals surface area contributed by atoms with Gasteiger partial charge in [0.05, 0.1) is 19.6 Å². The highest BCUT2D eigenvalue weighted by Gasteiger charge is 2.39. The van der Waals surface area contributed by atoms with E-state index in [-0.39, 0.29) is 13.0 Å². The Morgan fingerprint density at radius 3 is 2.57 bits per heavy atom. The fourth-order valence-corrected chi connectivity index (χ4v) is 5.05. The van der Waals surface area contributed by atoms with Crippen LogP contribution in [0.4, 0.5) is 0 Å². The van der Waals surface area contributed by atoms with Gasteiger partial charge in [0.2, 0.25) is 5.91 Å². The lowest BCUT2D eigenvalue weighted by molar-refractivity contribution is -0.148. The van der Waals surface area contributed by atoms with Gasteiger partial charge in [0.1, 0.15) is 23.7 Å². The van der Waals surface area contributed by atoms with Gasteiger partial charge in [-0.25, -0.2) is 0 Å². The Morgan fingerprint density at radius 1 is 1.03 bits per heavy atom. The number of hydrogen-bond donors (Lipinski definition) is 1. The summed E-state index contributed by atoms with van der Waals surface area (Å²) in [4.78, 5) is 16.7. The molecule has 0 aromatic heterocycles. The molecule has 1 atom stereocenters. The second kappa shape index (κ2) is 12.6. The van der Waals surface area contributed by atoms with Crippen molar-refractivity contribution in [2.45, 2.75) is 37.8 Å². The Kier molecular flexibility index (Phi) is 9.26. The number of carbonyl (C=O) groups excluding carboxylic acids is 1. The Labute approximate surface area is 213 Å². The van der Waals surface area contributed by atoms with Crippen molar-refractivity contribution in [3.8, 4) is 11.5 Å². The number of primary amides is 1. The van der Waals surface area contributed by atoms with Crippen LogP contribution in [0, 0.1) is 0 Å². The van der Waals surface area contributed by atoms with Crippen LogP contribution in [-0.2, 0) is 16.1 Å². The SMILES string of the molecule is NC(=O)C[C@]1(COc2cccc(Cl)c2)CN(Cc2cccc(OCCCN3CCCC3)c2)CCO1. The third-order valence-electron chi connectivity index (χ3n) is 6.51. The number of ether oxygens (including phenoxy) is 3. The summed E-state index contributed by atoms with van der Waals surface area (Å²) in [5.74, 6) is 1.12. The lowest BCUT2D eigenvalue weighted by atomic mass is 9.97. The van der Waals surface area contributed by atoms with Crippen molar-refractivity contribution in [3.05, 3.63) is 59.1 Å². The summed E-state index contributed by atoms with van der Waals surface area (Å²) < 4.78 is 18.1. The van der Waals surface area contributed by atoms with E-state index in [0.717, 1.165) is 44.0 Å². The number of morpholine rings is 1. The number of nitrogens with zero attached hydrogens (tertiary/aromatic N) is 2. The fourth-order valence-electron chi connectivity index (χ4n) is 4.87. The number of amides is 1. The van der Waals surface area contributed by atoms with Crippen LogP contribution in [0.25, 0.3) is 0 Å². The van der Waals surface area contributed by atoms with E-state index in [9.17, 15) is 4.79 Å². The first-order chi connectivity index (χ1) is 17.0. The summed E-state index contributed by atoms with van der Waals surface area (Å²) >= 11 is 6.08. The molecule has 0 saturated carbocycles. The smallest absolute Gasteiger partial charge is 0.220 e. The normalized spacial score (nSPS) is 21.2. The zero-order valence-corrected chi connectivity index (χ0v) is 21.0. The molecule has 4 rings (SSSR count). The molecule has 0 spiro atoms. The second-order valence-electron chi connectivity index (χ2n) is 9.53. The molecular formula is C27H36ClN3O4. The minimum Gasteiger partial charge on any atom is -0.494 e. The van der Waals surface area contributed by atoms with Crippen molar-refractivity contribution in [2.75, 3.05) is 52.5 Å². The number of likely N-dealkylation sites (tertiary alicyclic amines) is 1. The van der Waals surface area contributed by atoms with Gasteiger partial charge in [-0.15, -0.1) is 0 Å². The second-order valence-corrected chi connectivity index (χ2v) is 9.97. The van der Waals surface area contributed by atoms with Gasteiger partial charge in [-0.2, -0.15) is 0 Å². The molecule has 0 unspecified atom stereocenters. The molecule has 0 aliphatic carbocycles. The molecule has 2 saturated heterocycles. The first-order valence-corrected chi connectivity index (χ1v) is 12.8. The summed E-state index contributed by atoms with van der Waals surface area (Å²) in [5, 5.41) is 0.593. The molecule has 2 N–H and O–H groups in total. The first kappa shape index (κ1) is 25.8. The van der Waals surface area contributed by atoms with E-state index in [1.165, 1.54) is 25.9 Å². The van der Waals surface area contributed by atoms with Gasteiger partial charge >= 0.3 is 0 Å². The maximum Gasteiger partial charge on any atom is 0.220 e. The van der Waals surface area contributed by atoms with Crippen molar-refractivity contribution in [3.63, 3.8) is 0 Å². The van der Waals surface area contributed by atoms with Crippen LogP contribution in [0.3, 0.4) is 0 Å². The zero-order chi connectivity index (χ0) is 24.5. The Balaban J connectivity index is 1.32. The van der Waals surface area contributed by atoms with Gasteiger partial charge in [0.15, 0.2) is 0 Å². The van der Waals surface area contributed by atoms with Crippen LogP contribution in [0.1, 0.15) is 31.2 Å². The van der Waals surface area contributed by atoms with Gasteiger partial charge in [0.25, 0.3) is 0 Å². The van der Waals surface area contributed by atoms with Crippen LogP contribution >= 0.6 is 11.6 Å². The molecule has 0 radical (unpaired) electrons. The molecule has 2 heterocycles. The molecule has 1 amide bonds. The van der Waals surface area contributed by atoms with E-state index in [4.69, 9.17) is 31.5 Å². The number of halogens is 1. The van der Waals surface area contributed by atoms with Gasteiger partial charge < -0.3 is 24.8 Å². The Hall–Kier alpha value is -2.32.